The third kappa shape index (κ3) is 3.18. The van der Waals surface area contributed by atoms with Crippen LogP contribution in [0, 0.1) is 6.92 Å². The highest BCUT2D eigenvalue weighted by molar-refractivity contribution is 6.17. The van der Waals surface area contributed by atoms with Crippen LogP contribution in [0.2, 0.25) is 0 Å². The molecule has 78 valence electrons. The van der Waals surface area contributed by atoms with E-state index in [1.807, 2.05) is 25.1 Å². The number of alkyl halides is 1. The molecule has 0 saturated carbocycles. The minimum atomic E-state index is 0.711. The van der Waals surface area contributed by atoms with Crippen molar-refractivity contribution >= 4 is 17.4 Å². The van der Waals surface area contributed by atoms with E-state index in [0.29, 0.717) is 5.88 Å². The van der Waals surface area contributed by atoms with Crippen molar-refractivity contribution in [1.82, 2.24) is 4.98 Å². The summed E-state index contributed by atoms with van der Waals surface area (Å²) in [7, 11) is 0. The molecule has 1 rings (SSSR count). The molecule has 0 spiro atoms. The number of anilines is 1. The first-order valence-electron chi connectivity index (χ1n) is 5.02. The van der Waals surface area contributed by atoms with Gasteiger partial charge in [-0.3, -0.25) is 0 Å². The van der Waals surface area contributed by atoms with Crippen molar-refractivity contribution in [3.63, 3.8) is 0 Å². The molecule has 1 aromatic rings. The second kappa shape index (κ2) is 5.86. The van der Waals surface area contributed by atoms with E-state index < -0.39 is 0 Å². The zero-order chi connectivity index (χ0) is 10.4. The molecular formula is C11H17ClN2. The fraction of sp³-hybridized carbons (Fsp3) is 0.545. The van der Waals surface area contributed by atoms with Crippen molar-refractivity contribution in [2.24, 2.45) is 0 Å². The monoisotopic (exact) mass is 212 g/mol. The Morgan fingerprint density at radius 1 is 1.43 bits per heavy atom. The van der Waals surface area contributed by atoms with Crippen molar-refractivity contribution in [2.45, 2.75) is 20.3 Å². The number of nitrogens with zero attached hydrogens (tertiary/aromatic N) is 2. The molecule has 1 heterocycles. The van der Waals surface area contributed by atoms with E-state index in [1.165, 1.54) is 0 Å². The van der Waals surface area contributed by atoms with Gasteiger partial charge in [-0.15, -0.1) is 11.6 Å². The molecule has 0 aromatic carbocycles. The van der Waals surface area contributed by atoms with Crippen LogP contribution in [-0.4, -0.2) is 24.0 Å². The Morgan fingerprint density at radius 2 is 2.21 bits per heavy atom. The molecule has 0 N–H and O–H groups in total. The van der Waals surface area contributed by atoms with Gasteiger partial charge in [0.2, 0.25) is 0 Å². The van der Waals surface area contributed by atoms with Gasteiger partial charge < -0.3 is 4.90 Å². The van der Waals surface area contributed by atoms with Gasteiger partial charge in [0.25, 0.3) is 0 Å². The summed E-state index contributed by atoms with van der Waals surface area (Å²) >= 11 is 5.67. The second-order valence-corrected chi connectivity index (χ2v) is 3.64. The molecular weight excluding hydrogens is 196 g/mol. The van der Waals surface area contributed by atoms with Crippen LogP contribution in [-0.2, 0) is 0 Å². The van der Waals surface area contributed by atoms with Crippen LogP contribution in [0.4, 0.5) is 5.82 Å². The van der Waals surface area contributed by atoms with E-state index in [-0.39, 0.29) is 0 Å². The molecule has 0 radical (unpaired) electrons. The molecule has 0 bridgehead atoms. The summed E-state index contributed by atoms with van der Waals surface area (Å²) in [6, 6.07) is 6.10. The Hall–Kier alpha value is -0.760. The van der Waals surface area contributed by atoms with Crippen LogP contribution in [0.1, 0.15) is 19.0 Å². The lowest BCUT2D eigenvalue weighted by atomic mass is 10.3. The molecule has 3 heteroatoms. The Kier molecular flexibility index (Phi) is 4.74. The minimum absolute atomic E-state index is 0.711. The maximum Gasteiger partial charge on any atom is 0.128 e. The second-order valence-electron chi connectivity index (χ2n) is 3.26. The Morgan fingerprint density at radius 3 is 2.79 bits per heavy atom. The van der Waals surface area contributed by atoms with Crippen molar-refractivity contribution in [2.75, 3.05) is 23.9 Å². The zero-order valence-corrected chi connectivity index (χ0v) is 9.59. The van der Waals surface area contributed by atoms with Crippen LogP contribution in [0.3, 0.4) is 0 Å². The topological polar surface area (TPSA) is 16.1 Å². The van der Waals surface area contributed by atoms with Gasteiger partial charge in [0.1, 0.15) is 5.82 Å². The number of aromatic nitrogens is 1. The fourth-order valence-corrected chi connectivity index (χ4v) is 1.51. The summed E-state index contributed by atoms with van der Waals surface area (Å²) in [4.78, 5) is 6.73. The van der Waals surface area contributed by atoms with E-state index in [2.05, 4.69) is 16.8 Å². The van der Waals surface area contributed by atoms with E-state index in [4.69, 9.17) is 11.6 Å². The van der Waals surface area contributed by atoms with Crippen LogP contribution in [0.5, 0.6) is 0 Å². The summed E-state index contributed by atoms with van der Waals surface area (Å²) in [6.45, 7) is 6.11. The van der Waals surface area contributed by atoms with Gasteiger partial charge in [0.05, 0.1) is 0 Å². The minimum Gasteiger partial charge on any atom is -0.357 e. The molecule has 0 atom stereocenters. The van der Waals surface area contributed by atoms with Gasteiger partial charge in [-0.05, 0) is 32.4 Å². The highest BCUT2D eigenvalue weighted by Gasteiger charge is 2.04. The molecule has 2 nitrogen and oxygen atoms in total. The summed E-state index contributed by atoms with van der Waals surface area (Å²) in [6.07, 6.45) is 1.00. The van der Waals surface area contributed by atoms with Crippen molar-refractivity contribution in [3.05, 3.63) is 23.9 Å². The average molecular weight is 213 g/mol. The maximum atomic E-state index is 5.67. The number of pyridine rings is 1. The molecule has 14 heavy (non-hydrogen) atoms. The summed E-state index contributed by atoms with van der Waals surface area (Å²) in [5, 5.41) is 0. The lowest BCUT2D eigenvalue weighted by molar-refractivity contribution is 0.779. The van der Waals surface area contributed by atoms with Crippen LogP contribution >= 0.6 is 11.6 Å². The first kappa shape index (κ1) is 11.3. The Labute approximate surface area is 90.9 Å². The maximum absolute atomic E-state index is 5.67. The number of halogens is 1. The van der Waals surface area contributed by atoms with Gasteiger partial charge in [-0.1, -0.05) is 6.07 Å². The van der Waals surface area contributed by atoms with Gasteiger partial charge in [-0.2, -0.15) is 0 Å². The third-order valence-corrected chi connectivity index (χ3v) is 2.41. The molecule has 0 fully saturated rings. The lowest BCUT2D eigenvalue weighted by Gasteiger charge is -2.21. The molecule has 0 unspecified atom stereocenters. The fourth-order valence-electron chi connectivity index (χ4n) is 1.39. The Bertz CT molecular complexity index is 276. The molecule has 0 aliphatic carbocycles. The lowest BCUT2D eigenvalue weighted by Crippen LogP contribution is -2.25. The van der Waals surface area contributed by atoms with Gasteiger partial charge in [-0.25, -0.2) is 4.98 Å². The predicted molar refractivity (Wildman–Crippen MR) is 62.2 cm³/mol. The van der Waals surface area contributed by atoms with Gasteiger partial charge >= 0.3 is 0 Å². The van der Waals surface area contributed by atoms with E-state index in [1.54, 1.807) is 0 Å². The number of rotatable bonds is 5. The third-order valence-electron chi connectivity index (χ3n) is 2.14. The van der Waals surface area contributed by atoms with Crippen LogP contribution < -0.4 is 4.90 Å². The summed E-state index contributed by atoms with van der Waals surface area (Å²) in [5.74, 6) is 1.76. The molecule has 0 saturated heterocycles. The summed E-state index contributed by atoms with van der Waals surface area (Å²) < 4.78 is 0. The predicted octanol–water partition coefficient (Wildman–Crippen LogP) is 2.85. The van der Waals surface area contributed by atoms with Crippen molar-refractivity contribution < 1.29 is 0 Å². The molecule has 1 aromatic heterocycles. The van der Waals surface area contributed by atoms with E-state index in [0.717, 1.165) is 31.0 Å². The number of hydrogen-bond acceptors (Lipinski definition) is 2. The summed E-state index contributed by atoms with van der Waals surface area (Å²) in [5.41, 5.74) is 1.06. The van der Waals surface area contributed by atoms with Crippen LogP contribution in [0.15, 0.2) is 18.2 Å². The smallest absolute Gasteiger partial charge is 0.128 e. The Balaban J connectivity index is 2.68. The van der Waals surface area contributed by atoms with Crippen LogP contribution in [0.25, 0.3) is 0 Å². The molecule has 0 aliphatic rings. The average Bonchev–Trinajstić information content (AvgIpc) is 2.19. The normalized spacial score (nSPS) is 10.2. The van der Waals surface area contributed by atoms with Gasteiger partial charge in [0, 0.05) is 24.7 Å². The van der Waals surface area contributed by atoms with Gasteiger partial charge in [0.15, 0.2) is 0 Å². The first-order valence-corrected chi connectivity index (χ1v) is 5.56. The van der Waals surface area contributed by atoms with Crippen molar-refractivity contribution in [1.29, 1.82) is 0 Å². The highest BCUT2D eigenvalue weighted by Crippen LogP contribution is 2.11. The number of hydrogen-bond donors (Lipinski definition) is 0. The van der Waals surface area contributed by atoms with Crippen molar-refractivity contribution in [3.8, 4) is 0 Å². The highest BCUT2D eigenvalue weighted by atomic mass is 35.5. The quantitative estimate of drug-likeness (QED) is 0.698. The largest absolute Gasteiger partial charge is 0.357 e. The molecule has 0 aliphatic heterocycles. The number of aryl methyl sites for hydroxylation is 1. The molecule has 0 amide bonds. The van der Waals surface area contributed by atoms with E-state index >= 15 is 0 Å². The standard InChI is InChI=1S/C11H17ClN2/c1-3-14(9-5-8-12)11-7-4-6-10(2)13-11/h4,6-7H,3,5,8-9H2,1-2H3. The SMILES string of the molecule is CCN(CCCCl)c1cccc(C)n1. The van der Waals surface area contributed by atoms with E-state index in [9.17, 15) is 0 Å². The first-order chi connectivity index (χ1) is 6.77. The zero-order valence-electron chi connectivity index (χ0n) is 8.83.